The lowest BCUT2D eigenvalue weighted by Gasteiger charge is -1.98. The molecule has 2 aromatic rings. The van der Waals surface area contributed by atoms with Crippen molar-refractivity contribution < 1.29 is 0 Å². The van der Waals surface area contributed by atoms with Gasteiger partial charge in [0.1, 0.15) is 0 Å². The standard InChI is InChI=1S/C9H7N2/c1-2-4-9(5-3-1)11-7-6-10-8-11/h2-8H. The summed E-state index contributed by atoms with van der Waals surface area (Å²) in [5, 5.41) is 0. The van der Waals surface area contributed by atoms with Crippen LogP contribution < -0.4 is 0 Å². The number of hydrogen-bond acceptors (Lipinski definition) is 1. The fourth-order valence-electron chi connectivity index (χ4n) is 0.962. The van der Waals surface area contributed by atoms with Crippen LogP contribution in [0.1, 0.15) is 0 Å². The van der Waals surface area contributed by atoms with Gasteiger partial charge in [0.15, 0.2) is 0 Å². The lowest BCUT2D eigenvalue weighted by atomic mass is 10.3. The Kier molecular flexibility index (Phi) is 1.44. The maximum atomic E-state index is 3.95. The summed E-state index contributed by atoms with van der Waals surface area (Å²) in [4.78, 5) is 3.95. The molecule has 0 aliphatic rings. The van der Waals surface area contributed by atoms with Crippen molar-refractivity contribution in [2.24, 2.45) is 0 Å². The van der Waals surface area contributed by atoms with E-state index >= 15 is 0 Å². The van der Waals surface area contributed by atoms with E-state index in [2.05, 4.69) is 11.1 Å². The predicted octanol–water partition coefficient (Wildman–Crippen LogP) is 1.67. The molecule has 0 atom stereocenters. The first-order valence-electron chi connectivity index (χ1n) is 3.41. The van der Waals surface area contributed by atoms with Crippen molar-refractivity contribution in [3.63, 3.8) is 0 Å². The molecule has 0 spiro atoms. The number of hydrogen-bond donors (Lipinski definition) is 0. The van der Waals surface area contributed by atoms with Crippen LogP contribution >= 0.6 is 0 Å². The maximum absolute atomic E-state index is 3.95. The first-order valence-corrected chi connectivity index (χ1v) is 3.41. The highest BCUT2D eigenvalue weighted by molar-refractivity contribution is 5.30. The Morgan fingerprint density at radius 3 is 2.73 bits per heavy atom. The molecule has 1 heterocycles. The van der Waals surface area contributed by atoms with Gasteiger partial charge in [-0.2, -0.15) is 0 Å². The van der Waals surface area contributed by atoms with E-state index < -0.39 is 0 Å². The number of imidazole rings is 1. The van der Waals surface area contributed by atoms with Crippen molar-refractivity contribution in [3.05, 3.63) is 49.1 Å². The summed E-state index contributed by atoms with van der Waals surface area (Å²) in [6.45, 7) is 0. The Labute approximate surface area is 65.1 Å². The van der Waals surface area contributed by atoms with Crippen LogP contribution in [-0.2, 0) is 0 Å². The molecule has 2 nitrogen and oxygen atoms in total. The van der Waals surface area contributed by atoms with E-state index in [4.69, 9.17) is 0 Å². The number of aromatic nitrogens is 2. The zero-order valence-corrected chi connectivity index (χ0v) is 5.94. The van der Waals surface area contributed by atoms with Crippen LogP contribution in [0.25, 0.3) is 5.69 Å². The Morgan fingerprint density at radius 1 is 1.27 bits per heavy atom. The highest BCUT2D eigenvalue weighted by Gasteiger charge is 1.90. The largest absolute Gasteiger partial charge is 0.306 e. The van der Waals surface area contributed by atoms with Gasteiger partial charge in [-0.1, -0.05) is 12.1 Å². The molecule has 0 fully saturated rings. The summed E-state index contributed by atoms with van der Waals surface area (Å²) in [5.74, 6) is 0. The van der Waals surface area contributed by atoms with Gasteiger partial charge in [-0.15, -0.1) is 0 Å². The fourth-order valence-corrected chi connectivity index (χ4v) is 0.962. The molecule has 0 unspecified atom stereocenters. The average molecular weight is 143 g/mol. The van der Waals surface area contributed by atoms with Crippen molar-refractivity contribution in [1.82, 2.24) is 9.55 Å². The highest BCUT2D eigenvalue weighted by atomic mass is 15.0. The number of nitrogens with zero attached hydrogens (tertiary/aromatic N) is 2. The molecule has 0 aliphatic heterocycles. The monoisotopic (exact) mass is 143 g/mol. The third-order valence-corrected chi connectivity index (χ3v) is 1.50. The zero-order chi connectivity index (χ0) is 7.52. The first kappa shape index (κ1) is 6.16. The van der Waals surface area contributed by atoms with Gasteiger partial charge in [-0.3, -0.25) is 0 Å². The van der Waals surface area contributed by atoms with Crippen molar-refractivity contribution in [2.45, 2.75) is 0 Å². The summed E-state index contributed by atoms with van der Waals surface area (Å²) >= 11 is 0. The van der Waals surface area contributed by atoms with Gasteiger partial charge in [-0.05, 0) is 18.2 Å². The molecule has 2 rings (SSSR count). The molecule has 0 N–H and O–H groups in total. The molecule has 1 aromatic heterocycles. The quantitative estimate of drug-likeness (QED) is 0.593. The molecule has 53 valence electrons. The lowest BCUT2D eigenvalue weighted by molar-refractivity contribution is 1.06. The van der Waals surface area contributed by atoms with Gasteiger partial charge >= 0.3 is 0 Å². The minimum Gasteiger partial charge on any atom is -0.306 e. The van der Waals surface area contributed by atoms with Crippen LogP contribution in [0.4, 0.5) is 0 Å². The van der Waals surface area contributed by atoms with E-state index in [1.54, 1.807) is 12.5 Å². The number of rotatable bonds is 1. The molecule has 1 aromatic carbocycles. The van der Waals surface area contributed by atoms with E-state index in [-0.39, 0.29) is 0 Å². The summed E-state index contributed by atoms with van der Waals surface area (Å²) in [5.41, 5.74) is 1.11. The Balaban J connectivity index is 2.46. The van der Waals surface area contributed by atoms with Crippen LogP contribution in [0.3, 0.4) is 0 Å². The van der Waals surface area contributed by atoms with Gasteiger partial charge in [-0.25, -0.2) is 4.98 Å². The van der Waals surface area contributed by atoms with Crippen LogP contribution in [0.5, 0.6) is 0 Å². The van der Waals surface area contributed by atoms with E-state index in [1.165, 1.54) is 0 Å². The SMILES string of the molecule is [c]1ccc(-n2ccnc2)cc1. The lowest BCUT2D eigenvalue weighted by Crippen LogP contribution is -1.87. The highest BCUT2D eigenvalue weighted by Crippen LogP contribution is 2.03. The Morgan fingerprint density at radius 2 is 2.09 bits per heavy atom. The summed E-state index contributed by atoms with van der Waals surface area (Å²) in [6.07, 6.45) is 5.45. The molecule has 0 saturated carbocycles. The molecule has 11 heavy (non-hydrogen) atoms. The van der Waals surface area contributed by atoms with Gasteiger partial charge in [0.25, 0.3) is 0 Å². The topological polar surface area (TPSA) is 17.8 Å². The van der Waals surface area contributed by atoms with E-state index in [0.29, 0.717) is 0 Å². The van der Waals surface area contributed by atoms with Crippen molar-refractivity contribution in [2.75, 3.05) is 0 Å². The smallest absolute Gasteiger partial charge is 0.0991 e. The van der Waals surface area contributed by atoms with Crippen molar-refractivity contribution >= 4 is 0 Å². The first-order chi connectivity index (χ1) is 5.47. The third kappa shape index (κ3) is 1.15. The van der Waals surface area contributed by atoms with E-state index in [9.17, 15) is 0 Å². The van der Waals surface area contributed by atoms with Crippen molar-refractivity contribution in [3.8, 4) is 5.69 Å². The zero-order valence-electron chi connectivity index (χ0n) is 5.94. The van der Waals surface area contributed by atoms with Crippen LogP contribution in [0, 0.1) is 6.07 Å². The molecule has 0 bridgehead atoms. The minimum absolute atomic E-state index is 1.11. The Hall–Kier alpha value is -1.57. The summed E-state index contributed by atoms with van der Waals surface area (Å²) in [6, 6.07) is 10.7. The van der Waals surface area contributed by atoms with Crippen LogP contribution in [0.15, 0.2) is 43.0 Å². The minimum atomic E-state index is 1.11. The fraction of sp³-hybridized carbons (Fsp3) is 0. The second-order valence-corrected chi connectivity index (χ2v) is 2.23. The van der Waals surface area contributed by atoms with Gasteiger partial charge < -0.3 is 4.57 Å². The molecule has 0 saturated heterocycles. The molecule has 0 aliphatic carbocycles. The number of benzene rings is 1. The van der Waals surface area contributed by atoms with Gasteiger partial charge in [0.05, 0.1) is 6.33 Å². The van der Waals surface area contributed by atoms with E-state index in [0.717, 1.165) is 5.69 Å². The average Bonchev–Trinajstić information content (AvgIpc) is 2.58. The summed E-state index contributed by atoms with van der Waals surface area (Å²) < 4.78 is 1.95. The predicted molar refractivity (Wildman–Crippen MR) is 42.4 cm³/mol. The second kappa shape index (κ2) is 2.58. The molecule has 0 amide bonds. The molecule has 2 heteroatoms. The van der Waals surface area contributed by atoms with Crippen LogP contribution in [-0.4, -0.2) is 9.55 Å². The van der Waals surface area contributed by atoms with Crippen molar-refractivity contribution in [1.29, 1.82) is 0 Å². The molecular weight excluding hydrogens is 136 g/mol. The molecular formula is C9H7N2. The normalized spacial score (nSPS) is 9.82. The molecule has 1 radical (unpaired) electrons. The van der Waals surface area contributed by atoms with Crippen LogP contribution in [0.2, 0.25) is 0 Å². The van der Waals surface area contributed by atoms with Gasteiger partial charge in [0.2, 0.25) is 0 Å². The summed E-state index contributed by atoms with van der Waals surface area (Å²) in [7, 11) is 0. The van der Waals surface area contributed by atoms with E-state index in [1.807, 2.05) is 35.0 Å². The second-order valence-electron chi connectivity index (χ2n) is 2.23. The Bertz CT molecular complexity index is 311. The third-order valence-electron chi connectivity index (χ3n) is 1.50. The maximum Gasteiger partial charge on any atom is 0.0991 e. The van der Waals surface area contributed by atoms with Gasteiger partial charge in [0, 0.05) is 18.1 Å².